The molecule has 0 spiro atoms. The van der Waals surface area contributed by atoms with Crippen molar-refractivity contribution in [2.75, 3.05) is 31.6 Å². The molecule has 0 aliphatic carbocycles. The zero-order valence-electron chi connectivity index (χ0n) is 9.70. The minimum absolute atomic E-state index is 0.243. The highest BCUT2D eigenvalue weighted by atomic mass is 15.1. The Hall–Kier alpha value is -1.62. The molecule has 0 atom stereocenters. The number of aryl methyl sites for hydroxylation is 1. The van der Waals surface area contributed by atoms with Gasteiger partial charge in [0.2, 0.25) is 5.95 Å². The predicted molar refractivity (Wildman–Crippen MR) is 65.7 cm³/mol. The first-order chi connectivity index (χ1) is 7.58. The SMILES string of the molecule is Cc1nc(N)nc(N)c1C1=CCN(C)CC1. The molecule has 0 aromatic carbocycles. The number of anilines is 2. The van der Waals surface area contributed by atoms with Gasteiger partial charge in [-0.2, -0.15) is 4.98 Å². The maximum Gasteiger partial charge on any atom is 0.222 e. The third kappa shape index (κ3) is 1.99. The van der Waals surface area contributed by atoms with E-state index in [0.717, 1.165) is 30.8 Å². The van der Waals surface area contributed by atoms with E-state index in [1.807, 2.05) is 6.92 Å². The van der Waals surface area contributed by atoms with Crippen molar-refractivity contribution in [3.8, 4) is 0 Å². The van der Waals surface area contributed by atoms with Gasteiger partial charge in [-0.05, 0) is 26.0 Å². The summed E-state index contributed by atoms with van der Waals surface area (Å²) in [7, 11) is 2.10. The van der Waals surface area contributed by atoms with Crippen molar-refractivity contribution in [2.24, 2.45) is 0 Å². The van der Waals surface area contributed by atoms with Crippen LogP contribution in [-0.4, -0.2) is 35.0 Å². The van der Waals surface area contributed by atoms with Crippen LogP contribution in [0.1, 0.15) is 17.7 Å². The van der Waals surface area contributed by atoms with Crippen LogP contribution in [0, 0.1) is 6.92 Å². The number of likely N-dealkylation sites (N-methyl/N-ethyl adjacent to an activating group) is 1. The van der Waals surface area contributed by atoms with Crippen molar-refractivity contribution in [3.05, 3.63) is 17.3 Å². The Labute approximate surface area is 95.2 Å². The molecule has 1 aliphatic heterocycles. The molecule has 5 heteroatoms. The molecular formula is C11H17N5. The first-order valence-corrected chi connectivity index (χ1v) is 5.35. The molecule has 0 bridgehead atoms. The molecule has 1 aromatic rings. The van der Waals surface area contributed by atoms with Crippen molar-refractivity contribution >= 4 is 17.3 Å². The fourth-order valence-corrected chi connectivity index (χ4v) is 2.01. The minimum atomic E-state index is 0.243. The van der Waals surface area contributed by atoms with Gasteiger partial charge >= 0.3 is 0 Å². The summed E-state index contributed by atoms with van der Waals surface area (Å²) in [6.45, 7) is 3.90. The van der Waals surface area contributed by atoms with Gasteiger partial charge in [0.25, 0.3) is 0 Å². The van der Waals surface area contributed by atoms with Crippen LogP contribution >= 0.6 is 0 Å². The first kappa shape index (κ1) is 10.9. The first-order valence-electron chi connectivity index (χ1n) is 5.35. The van der Waals surface area contributed by atoms with E-state index >= 15 is 0 Å². The molecule has 0 fully saturated rings. The Bertz CT molecular complexity index is 415. The number of nitrogens with zero attached hydrogens (tertiary/aromatic N) is 3. The Morgan fingerprint density at radius 2 is 2.06 bits per heavy atom. The topological polar surface area (TPSA) is 81.1 Å². The summed E-state index contributed by atoms with van der Waals surface area (Å²) in [6, 6.07) is 0. The van der Waals surface area contributed by atoms with Gasteiger partial charge in [0.15, 0.2) is 0 Å². The van der Waals surface area contributed by atoms with Crippen LogP contribution in [0.15, 0.2) is 6.08 Å². The maximum absolute atomic E-state index is 5.90. The average molecular weight is 219 g/mol. The van der Waals surface area contributed by atoms with Gasteiger partial charge in [0.05, 0.1) is 5.69 Å². The average Bonchev–Trinajstić information content (AvgIpc) is 2.19. The highest BCUT2D eigenvalue weighted by Gasteiger charge is 2.16. The highest BCUT2D eigenvalue weighted by Crippen LogP contribution is 2.28. The molecule has 5 nitrogen and oxygen atoms in total. The van der Waals surface area contributed by atoms with Gasteiger partial charge in [0.1, 0.15) is 5.82 Å². The minimum Gasteiger partial charge on any atom is -0.383 e. The van der Waals surface area contributed by atoms with Crippen LogP contribution in [0.3, 0.4) is 0 Å². The van der Waals surface area contributed by atoms with Crippen LogP contribution in [0.5, 0.6) is 0 Å². The summed E-state index contributed by atoms with van der Waals surface area (Å²) in [6.07, 6.45) is 3.16. The molecule has 1 aliphatic rings. The highest BCUT2D eigenvalue weighted by molar-refractivity contribution is 5.75. The maximum atomic E-state index is 5.90. The molecule has 16 heavy (non-hydrogen) atoms. The van der Waals surface area contributed by atoms with E-state index in [4.69, 9.17) is 11.5 Å². The molecule has 2 rings (SSSR count). The van der Waals surface area contributed by atoms with Crippen molar-refractivity contribution < 1.29 is 0 Å². The summed E-state index contributed by atoms with van der Waals surface area (Å²) in [5, 5.41) is 0. The zero-order chi connectivity index (χ0) is 11.7. The zero-order valence-corrected chi connectivity index (χ0v) is 9.70. The Balaban J connectivity index is 2.41. The van der Waals surface area contributed by atoms with Gasteiger partial charge < -0.3 is 16.4 Å². The molecule has 4 N–H and O–H groups in total. The van der Waals surface area contributed by atoms with Crippen molar-refractivity contribution in [1.29, 1.82) is 0 Å². The number of hydrogen-bond acceptors (Lipinski definition) is 5. The molecule has 1 aromatic heterocycles. The van der Waals surface area contributed by atoms with Crippen molar-refractivity contribution in [1.82, 2.24) is 14.9 Å². The Morgan fingerprint density at radius 3 is 2.62 bits per heavy atom. The van der Waals surface area contributed by atoms with Crippen LogP contribution in [0.2, 0.25) is 0 Å². The fourth-order valence-electron chi connectivity index (χ4n) is 2.01. The number of rotatable bonds is 1. The van der Waals surface area contributed by atoms with E-state index < -0.39 is 0 Å². The second-order valence-electron chi connectivity index (χ2n) is 4.17. The molecule has 0 unspecified atom stereocenters. The van der Waals surface area contributed by atoms with Gasteiger partial charge in [-0.3, -0.25) is 0 Å². The van der Waals surface area contributed by atoms with E-state index in [1.54, 1.807) is 0 Å². The summed E-state index contributed by atoms with van der Waals surface area (Å²) in [5.74, 6) is 0.730. The summed E-state index contributed by atoms with van der Waals surface area (Å²) in [4.78, 5) is 10.4. The summed E-state index contributed by atoms with van der Waals surface area (Å²) < 4.78 is 0. The third-order valence-electron chi connectivity index (χ3n) is 2.87. The van der Waals surface area contributed by atoms with E-state index in [0.29, 0.717) is 5.82 Å². The van der Waals surface area contributed by atoms with E-state index in [2.05, 4.69) is 28.0 Å². The fraction of sp³-hybridized carbons (Fsp3) is 0.455. The van der Waals surface area contributed by atoms with E-state index in [9.17, 15) is 0 Å². The molecular weight excluding hydrogens is 202 g/mol. The number of hydrogen-bond donors (Lipinski definition) is 2. The van der Waals surface area contributed by atoms with Crippen molar-refractivity contribution in [3.63, 3.8) is 0 Å². The van der Waals surface area contributed by atoms with Crippen LogP contribution in [0.25, 0.3) is 5.57 Å². The van der Waals surface area contributed by atoms with E-state index in [-0.39, 0.29) is 5.95 Å². The second kappa shape index (κ2) is 4.09. The predicted octanol–water partition coefficient (Wildman–Crippen LogP) is 0.668. The van der Waals surface area contributed by atoms with Crippen LogP contribution in [0.4, 0.5) is 11.8 Å². The van der Waals surface area contributed by atoms with Gasteiger partial charge in [-0.15, -0.1) is 0 Å². The lowest BCUT2D eigenvalue weighted by Gasteiger charge is -2.23. The molecule has 2 heterocycles. The van der Waals surface area contributed by atoms with Gasteiger partial charge in [-0.1, -0.05) is 6.08 Å². The van der Waals surface area contributed by atoms with Crippen LogP contribution < -0.4 is 11.5 Å². The number of nitrogens with two attached hydrogens (primary N) is 2. The number of aromatic nitrogens is 2. The van der Waals surface area contributed by atoms with Crippen molar-refractivity contribution in [2.45, 2.75) is 13.3 Å². The molecule has 0 radical (unpaired) electrons. The largest absolute Gasteiger partial charge is 0.383 e. The monoisotopic (exact) mass is 219 g/mol. The summed E-state index contributed by atoms with van der Waals surface area (Å²) in [5.41, 5.74) is 14.5. The van der Waals surface area contributed by atoms with E-state index in [1.165, 1.54) is 5.57 Å². The lowest BCUT2D eigenvalue weighted by molar-refractivity contribution is 0.370. The van der Waals surface area contributed by atoms with Crippen LogP contribution in [-0.2, 0) is 0 Å². The molecule has 0 saturated heterocycles. The Morgan fingerprint density at radius 1 is 1.31 bits per heavy atom. The van der Waals surface area contributed by atoms with Gasteiger partial charge in [-0.25, -0.2) is 4.98 Å². The third-order valence-corrected chi connectivity index (χ3v) is 2.87. The second-order valence-corrected chi connectivity index (χ2v) is 4.17. The lowest BCUT2D eigenvalue weighted by Crippen LogP contribution is -2.24. The Kier molecular flexibility index (Phi) is 2.78. The quantitative estimate of drug-likeness (QED) is 0.725. The molecule has 0 amide bonds. The lowest BCUT2D eigenvalue weighted by atomic mass is 9.99. The van der Waals surface area contributed by atoms with Gasteiger partial charge in [0, 0.05) is 18.7 Å². The smallest absolute Gasteiger partial charge is 0.222 e. The normalized spacial score (nSPS) is 17.2. The molecule has 0 saturated carbocycles. The molecule has 86 valence electrons. The summed E-state index contributed by atoms with van der Waals surface area (Å²) >= 11 is 0. The number of nitrogen functional groups attached to an aromatic ring is 2. The standard InChI is InChI=1S/C11H17N5/c1-7-9(10(12)15-11(13)14-7)8-3-5-16(2)6-4-8/h3H,4-6H2,1-2H3,(H4,12,13,14,15).